The Kier molecular flexibility index (Phi) is 11.5. The molecule has 0 bridgehead atoms. The average molecular weight is 597 g/mol. The number of ether oxygens (including phenoxy) is 4. The molecule has 1 aromatic heterocycles. The highest BCUT2D eigenvalue weighted by Gasteiger charge is 2.15. The van der Waals surface area contributed by atoms with Crippen LogP contribution in [0.3, 0.4) is 0 Å². The van der Waals surface area contributed by atoms with Crippen molar-refractivity contribution < 1.29 is 18.9 Å². The summed E-state index contributed by atoms with van der Waals surface area (Å²) in [6.45, 7) is 7.75. The zero-order chi connectivity index (χ0) is 30.6. The number of rotatable bonds is 15. The highest BCUT2D eigenvalue weighted by atomic mass is 16.5. The first-order valence-corrected chi connectivity index (χ1v) is 15.2. The Morgan fingerprint density at radius 1 is 0.682 bits per heavy atom. The minimum absolute atomic E-state index is 0.420. The van der Waals surface area contributed by atoms with E-state index in [0.29, 0.717) is 26.4 Å². The first-order chi connectivity index (χ1) is 21.6. The molecular weight excluding hydrogens is 552 g/mol. The van der Waals surface area contributed by atoms with Gasteiger partial charge in [0.15, 0.2) is 0 Å². The lowest BCUT2D eigenvalue weighted by atomic mass is 10.1. The van der Waals surface area contributed by atoms with Crippen LogP contribution in [0.5, 0.6) is 11.5 Å². The number of piperazine rings is 1. The molecule has 0 N–H and O–H groups in total. The van der Waals surface area contributed by atoms with Crippen LogP contribution in [-0.2, 0) is 35.8 Å². The molecule has 44 heavy (non-hydrogen) atoms. The van der Waals surface area contributed by atoms with Crippen LogP contribution in [0.1, 0.15) is 22.4 Å². The predicted molar refractivity (Wildman–Crippen MR) is 176 cm³/mol. The van der Waals surface area contributed by atoms with Crippen molar-refractivity contribution in [2.24, 2.45) is 0 Å². The van der Waals surface area contributed by atoms with E-state index in [-0.39, 0.29) is 0 Å². The average Bonchev–Trinajstić information content (AvgIpc) is 3.07. The van der Waals surface area contributed by atoms with Gasteiger partial charge in [-0.25, -0.2) is 0 Å². The number of anilines is 2. The number of likely N-dealkylation sites (N-methyl/N-ethyl adjacent to an activating group) is 1. The molecule has 2 heterocycles. The molecule has 0 atom stereocenters. The number of pyridine rings is 1. The Bertz CT molecular complexity index is 1440. The molecule has 0 unspecified atom stereocenters. The standard InChI is InChI=1S/C36H44N4O4/c1-38-16-18-39(19-17-38)33-12-10-29(11-13-33)25-40(26-30-6-4-8-35(22-30)41-2)34-14-15-37-32(24-34)28-44-21-20-43-27-31-7-5-9-36(23-31)42-3/h4-15,22-24H,16-21,25-28H2,1-3H3. The van der Waals surface area contributed by atoms with E-state index in [1.807, 2.05) is 42.6 Å². The summed E-state index contributed by atoms with van der Waals surface area (Å²) in [6.07, 6.45) is 1.86. The van der Waals surface area contributed by atoms with Crippen LogP contribution < -0.4 is 19.3 Å². The van der Waals surface area contributed by atoms with Crippen LogP contribution in [0.25, 0.3) is 0 Å². The van der Waals surface area contributed by atoms with Gasteiger partial charge in [-0.2, -0.15) is 0 Å². The Morgan fingerprint density at radius 3 is 2.02 bits per heavy atom. The smallest absolute Gasteiger partial charge is 0.119 e. The summed E-state index contributed by atoms with van der Waals surface area (Å²) in [6, 6.07) is 29.4. The molecule has 1 saturated heterocycles. The molecule has 0 saturated carbocycles. The van der Waals surface area contributed by atoms with E-state index in [9.17, 15) is 0 Å². The summed E-state index contributed by atoms with van der Waals surface area (Å²) in [5.41, 5.74) is 6.78. The summed E-state index contributed by atoms with van der Waals surface area (Å²) >= 11 is 0. The molecule has 1 aliphatic heterocycles. The second kappa shape index (κ2) is 16.1. The normalized spacial score (nSPS) is 13.6. The van der Waals surface area contributed by atoms with Crippen LogP contribution in [0, 0.1) is 0 Å². The van der Waals surface area contributed by atoms with Gasteiger partial charge >= 0.3 is 0 Å². The predicted octanol–water partition coefficient (Wildman–Crippen LogP) is 5.79. The quantitative estimate of drug-likeness (QED) is 0.160. The molecule has 5 rings (SSSR count). The second-order valence-corrected chi connectivity index (χ2v) is 11.1. The van der Waals surface area contributed by atoms with Crippen molar-refractivity contribution >= 4 is 11.4 Å². The van der Waals surface area contributed by atoms with E-state index < -0.39 is 0 Å². The Labute approximate surface area is 261 Å². The van der Waals surface area contributed by atoms with Crippen molar-refractivity contribution in [3.05, 3.63) is 114 Å². The molecule has 1 aliphatic rings. The molecule has 1 fully saturated rings. The lowest BCUT2D eigenvalue weighted by Crippen LogP contribution is -2.44. The number of methoxy groups -OCH3 is 2. The Hall–Kier alpha value is -4.11. The van der Waals surface area contributed by atoms with E-state index in [1.165, 1.54) is 16.8 Å². The summed E-state index contributed by atoms with van der Waals surface area (Å²) in [5, 5.41) is 0. The highest BCUT2D eigenvalue weighted by molar-refractivity contribution is 5.51. The van der Waals surface area contributed by atoms with Gasteiger partial charge in [0.25, 0.3) is 0 Å². The maximum Gasteiger partial charge on any atom is 0.119 e. The second-order valence-electron chi connectivity index (χ2n) is 11.1. The third-order valence-corrected chi connectivity index (χ3v) is 7.88. The number of nitrogens with zero attached hydrogens (tertiary/aromatic N) is 4. The maximum atomic E-state index is 5.93. The van der Waals surface area contributed by atoms with Crippen LogP contribution >= 0.6 is 0 Å². The van der Waals surface area contributed by atoms with Gasteiger partial charge in [-0.05, 0) is 72.3 Å². The van der Waals surface area contributed by atoms with Crippen LogP contribution in [0.2, 0.25) is 0 Å². The minimum Gasteiger partial charge on any atom is -0.497 e. The lowest BCUT2D eigenvalue weighted by molar-refractivity contribution is 0.0328. The molecular formula is C36H44N4O4. The summed E-state index contributed by atoms with van der Waals surface area (Å²) < 4.78 is 22.5. The molecule has 3 aromatic carbocycles. The first kappa shape index (κ1) is 31.3. The van der Waals surface area contributed by atoms with Crippen LogP contribution in [0.4, 0.5) is 11.4 Å². The first-order valence-electron chi connectivity index (χ1n) is 15.2. The van der Waals surface area contributed by atoms with Gasteiger partial charge in [-0.15, -0.1) is 0 Å². The molecule has 0 amide bonds. The van der Waals surface area contributed by atoms with Crippen LogP contribution in [-0.4, -0.2) is 70.5 Å². The Morgan fingerprint density at radius 2 is 1.32 bits per heavy atom. The largest absolute Gasteiger partial charge is 0.497 e. The fourth-order valence-electron chi connectivity index (χ4n) is 5.31. The fourth-order valence-corrected chi connectivity index (χ4v) is 5.31. The third-order valence-electron chi connectivity index (χ3n) is 7.88. The molecule has 8 nitrogen and oxygen atoms in total. The zero-order valence-electron chi connectivity index (χ0n) is 26.2. The molecule has 0 radical (unpaired) electrons. The van der Waals surface area contributed by atoms with Crippen molar-refractivity contribution in [2.45, 2.75) is 26.3 Å². The van der Waals surface area contributed by atoms with Gasteiger partial charge in [0.05, 0.1) is 46.3 Å². The monoisotopic (exact) mass is 596 g/mol. The third kappa shape index (κ3) is 9.19. The van der Waals surface area contributed by atoms with E-state index >= 15 is 0 Å². The van der Waals surface area contributed by atoms with E-state index in [1.54, 1.807) is 14.2 Å². The van der Waals surface area contributed by atoms with Gasteiger partial charge in [-0.3, -0.25) is 4.98 Å². The van der Waals surface area contributed by atoms with E-state index in [4.69, 9.17) is 18.9 Å². The van der Waals surface area contributed by atoms with Crippen LogP contribution in [0.15, 0.2) is 91.1 Å². The molecule has 4 aromatic rings. The zero-order valence-corrected chi connectivity index (χ0v) is 26.2. The maximum absolute atomic E-state index is 5.93. The number of hydrogen-bond acceptors (Lipinski definition) is 8. The molecule has 0 aliphatic carbocycles. The van der Waals surface area contributed by atoms with E-state index in [2.05, 4.69) is 75.3 Å². The summed E-state index contributed by atoms with van der Waals surface area (Å²) in [4.78, 5) is 11.8. The summed E-state index contributed by atoms with van der Waals surface area (Å²) in [7, 11) is 5.56. The van der Waals surface area contributed by atoms with Gasteiger partial charge < -0.3 is 33.6 Å². The minimum atomic E-state index is 0.420. The molecule has 0 spiro atoms. The fraction of sp³-hybridized carbons (Fsp3) is 0.361. The van der Waals surface area contributed by atoms with Crippen molar-refractivity contribution in [1.82, 2.24) is 9.88 Å². The lowest BCUT2D eigenvalue weighted by Gasteiger charge is -2.34. The summed E-state index contributed by atoms with van der Waals surface area (Å²) in [5.74, 6) is 1.69. The Balaban J connectivity index is 1.20. The van der Waals surface area contributed by atoms with Gasteiger partial charge in [-0.1, -0.05) is 36.4 Å². The van der Waals surface area contributed by atoms with Crippen molar-refractivity contribution in [1.29, 1.82) is 0 Å². The van der Waals surface area contributed by atoms with Crippen molar-refractivity contribution in [3.63, 3.8) is 0 Å². The SMILES string of the molecule is COc1cccc(COCCOCc2cc(N(Cc3ccc(N4CCN(C)CC4)cc3)Cc3cccc(OC)c3)ccn2)c1. The van der Waals surface area contributed by atoms with Crippen molar-refractivity contribution in [2.75, 3.05) is 70.5 Å². The number of hydrogen-bond donors (Lipinski definition) is 0. The van der Waals surface area contributed by atoms with E-state index in [0.717, 1.165) is 67.7 Å². The number of aromatic nitrogens is 1. The van der Waals surface area contributed by atoms with Gasteiger partial charge in [0.2, 0.25) is 0 Å². The molecule has 8 heteroatoms. The molecule has 232 valence electrons. The van der Waals surface area contributed by atoms with Gasteiger partial charge in [0, 0.05) is 56.8 Å². The van der Waals surface area contributed by atoms with Crippen molar-refractivity contribution in [3.8, 4) is 11.5 Å². The topological polar surface area (TPSA) is 59.5 Å². The number of benzene rings is 3. The highest BCUT2D eigenvalue weighted by Crippen LogP contribution is 2.24. The van der Waals surface area contributed by atoms with Gasteiger partial charge in [0.1, 0.15) is 11.5 Å².